The molecule has 0 radical (unpaired) electrons. The number of carbonyl (C=O) groups excluding carboxylic acids is 1. The van der Waals surface area contributed by atoms with E-state index in [1.807, 2.05) is 0 Å². The average molecular weight is 164 g/mol. The lowest BCUT2D eigenvalue weighted by Gasteiger charge is -2.11. The van der Waals surface area contributed by atoms with Gasteiger partial charge in [0.1, 0.15) is 6.26 Å². The van der Waals surface area contributed by atoms with Gasteiger partial charge >= 0.3 is 0 Å². The highest BCUT2D eigenvalue weighted by Crippen LogP contribution is 2.23. The summed E-state index contributed by atoms with van der Waals surface area (Å²) in [5.74, 6) is -0.394. The Morgan fingerprint density at radius 2 is 2.42 bits per heavy atom. The van der Waals surface area contributed by atoms with Crippen LogP contribution in [0.25, 0.3) is 6.08 Å². The van der Waals surface area contributed by atoms with Crippen molar-refractivity contribution in [2.45, 2.75) is 0 Å². The highest BCUT2D eigenvalue weighted by molar-refractivity contribution is 5.99. The molecular formula is C8H8N2O2. The fourth-order valence-corrected chi connectivity index (χ4v) is 1.15. The Morgan fingerprint density at radius 1 is 1.58 bits per heavy atom. The molecule has 62 valence electrons. The number of primary amides is 1. The lowest BCUT2D eigenvalue weighted by molar-refractivity contribution is -0.114. The number of anilines is 1. The van der Waals surface area contributed by atoms with Crippen LogP contribution in [-0.4, -0.2) is 12.5 Å². The molecule has 4 nitrogen and oxygen atoms in total. The van der Waals surface area contributed by atoms with Gasteiger partial charge in [-0.25, -0.2) is 0 Å². The Labute approximate surface area is 69.0 Å². The predicted octanol–water partition coefficient (Wildman–Crippen LogP) is 0.574. The summed E-state index contributed by atoms with van der Waals surface area (Å²) in [6.45, 7) is 0.474. The predicted molar refractivity (Wildman–Crippen MR) is 44.4 cm³/mol. The van der Waals surface area contributed by atoms with Crippen LogP contribution in [-0.2, 0) is 4.79 Å². The van der Waals surface area contributed by atoms with Crippen LogP contribution in [0.3, 0.4) is 0 Å². The number of carbonyl (C=O) groups is 1. The summed E-state index contributed by atoms with van der Waals surface area (Å²) in [5, 5.41) is 3.01. The zero-order chi connectivity index (χ0) is 8.55. The third-order valence-corrected chi connectivity index (χ3v) is 1.81. The molecule has 2 heterocycles. The molecular weight excluding hydrogens is 156 g/mol. The molecule has 3 N–H and O–H groups in total. The maximum absolute atomic E-state index is 10.8. The maximum atomic E-state index is 10.8. The Hall–Kier alpha value is -1.71. The van der Waals surface area contributed by atoms with Gasteiger partial charge in [0.2, 0.25) is 5.91 Å². The first-order valence-corrected chi connectivity index (χ1v) is 3.58. The van der Waals surface area contributed by atoms with Gasteiger partial charge in [-0.2, -0.15) is 0 Å². The van der Waals surface area contributed by atoms with Crippen molar-refractivity contribution in [3.63, 3.8) is 0 Å². The molecule has 0 aliphatic carbocycles. The van der Waals surface area contributed by atoms with E-state index < -0.39 is 5.91 Å². The highest BCUT2D eigenvalue weighted by Gasteiger charge is 2.13. The van der Waals surface area contributed by atoms with Crippen LogP contribution in [0.1, 0.15) is 5.56 Å². The Kier molecular flexibility index (Phi) is 1.40. The topological polar surface area (TPSA) is 68.3 Å². The molecule has 0 saturated carbocycles. The molecule has 2 rings (SSSR count). The van der Waals surface area contributed by atoms with Crippen molar-refractivity contribution in [3.05, 3.63) is 23.7 Å². The van der Waals surface area contributed by atoms with E-state index in [4.69, 9.17) is 10.2 Å². The van der Waals surface area contributed by atoms with Crippen LogP contribution in [0, 0.1) is 0 Å². The zero-order valence-corrected chi connectivity index (χ0v) is 6.33. The molecule has 0 fully saturated rings. The van der Waals surface area contributed by atoms with Gasteiger partial charge in [0, 0.05) is 17.7 Å². The molecule has 1 aromatic heterocycles. The van der Waals surface area contributed by atoms with Crippen LogP contribution < -0.4 is 11.1 Å². The van der Waals surface area contributed by atoms with Crippen molar-refractivity contribution in [3.8, 4) is 0 Å². The number of fused-ring (bicyclic) bond motifs is 1. The van der Waals surface area contributed by atoms with Crippen molar-refractivity contribution in [1.29, 1.82) is 0 Å². The van der Waals surface area contributed by atoms with Crippen LogP contribution >= 0.6 is 0 Å². The molecule has 0 unspecified atom stereocenters. The van der Waals surface area contributed by atoms with Crippen molar-refractivity contribution in [2.75, 3.05) is 11.9 Å². The fourth-order valence-electron chi connectivity index (χ4n) is 1.15. The summed E-state index contributed by atoms with van der Waals surface area (Å²) >= 11 is 0. The van der Waals surface area contributed by atoms with Crippen molar-refractivity contribution in [2.24, 2.45) is 5.73 Å². The maximum Gasteiger partial charge on any atom is 0.246 e. The molecule has 1 aliphatic rings. The Bertz CT molecular complexity index is 352. The van der Waals surface area contributed by atoms with Crippen molar-refractivity contribution < 1.29 is 9.21 Å². The quantitative estimate of drug-likeness (QED) is 0.637. The standard InChI is InChI=1S/C8H8N2O2/c9-8(11)5-1-6-3-12-4-7(6)10-2-5/h1,3-4,10H,2H2,(H2,9,11). The molecule has 0 atom stereocenters. The molecule has 4 heteroatoms. The molecule has 12 heavy (non-hydrogen) atoms. The minimum absolute atomic E-state index is 0.394. The second-order valence-corrected chi connectivity index (χ2v) is 2.63. The molecule has 0 aromatic carbocycles. The summed E-state index contributed by atoms with van der Waals surface area (Å²) in [5.41, 5.74) is 7.46. The van der Waals surface area contributed by atoms with E-state index >= 15 is 0 Å². The second kappa shape index (κ2) is 2.41. The number of amides is 1. The number of furan rings is 1. The second-order valence-electron chi connectivity index (χ2n) is 2.63. The van der Waals surface area contributed by atoms with Crippen LogP contribution in [0.5, 0.6) is 0 Å². The van der Waals surface area contributed by atoms with Gasteiger partial charge in [-0.1, -0.05) is 0 Å². The highest BCUT2D eigenvalue weighted by atomic mass is 16.3. The van der Waals surface area contributed by atoms with Gasteiger partial charge in [0.25, 0.3) is 0 Å². The monoisotopic (exact) mass is 164 g/mol. The molecule has 0 bridgehead atoms. The van der Waals surface area contributed by atoms with Gasteiger partial charge in [0.05, 0.1) is 12.0 Å². The van der Waals surface area contributed by atoms with E-state index in [0.717, 1.165) is 11.3 Å². The van der Waals surface area contributed by atoms with Crippen LogP contribution in [0.15, 0.2) is 22.5 Å². The summed E-state index contributed by atoms with van der Waals surface area (Å²) in [6, 6.07) is 0. The Morgan fingerprint density at radius 3 is 3.17 bits per heavy atom. The third-order valence-electron chi connectivity index (χ3n) is 1.81. The molecule has 0 spiro atoms. The van der Waals surface area contributed by atoms with Gasteiger partial charge in [-0.15, -0.1) is 0 Å². The largest absolute Gasteiger partial charge is 0.470 e. The lowest BCUT2D eigenvalue weighted by atomic mass is 10.1. The summed E-state index contributed by atoms with van der Waals surface area (Å²) in [6.07, 6.45) is 4.91. The van der Waals surface area contributed by atoms with Crippen LogP contribution in [0.4, 0.5) is 5.69 Å². The molecule has 1 aromatic rings. The first-order valence-electron chi connectivity index (χ1n) is 3.58. The number of nitrogens with two attached hydrogens (primary N) is 1. The first-order chi connectivity index (χ1) is 5.77. The number of nitrogens with one attached hydrogen (secondary N) is 1. The summed E-state index contributed by atoms with van der Waals surface area (Å²) in [4.78, 5) is 10.8. The minimum Gasteiger partial charge on any atom is -0.470 e. The third kappa shape index (κ3) is 0.972. The number of hydrogen-bond donors (Lipinski definition) is 2. The smallest absolute Gasteiger partial charge is 0.246 e. The summed E-state index contributed by atoms with van der Waals surface area (Å²) < 4.78 is 4.94. The van der Waals surface area contributed by atoms with E-state index in [-0.39, 0.29) is 0 Å². The van der Waals surface area contributed by atoms with E-state index in [1.54, 1.807) is 18.6 Å². The first kappa shape index (κ1) is 6.97. The van der Waals surface area contributed by atoms with Crippen LogP contribution in [0.2, 0.25) is 0 Å². The average Bonchev–Trinajstić information content (AvgIpc) is 2.49. The van der Waals surface area contributed by atoms with Crippen molar-refractivity contribution in [1.82, 2.24) is 0 Å². The fraction of sp³-hybridized carbons (Fsp3) is 0.125. The van der Waals surface area contributed by atoms with E-state index in [9.17, 15) is 4.79 Å². The number of hydrogen-bond acceptors (Lipinski definition) is 3. The lowest BCUT2D eigenvalue weighted by Crippen LogP contribution is -2.22. The molecule has 0 saturated heterocycles. The normalized spacial score (nSPS) is 14.5. The summed E-state index contributed by atoms with van der Waals surface area (Å²) in [7, 11) is 0. The molecule has 1 amide bonds. The van der Waals surface area contributed by atoms with Gasteiger partial charge in [0.15, 0.2) is 0 Å². The number of rotatable bonds is 1. The van der Waals surface area contributed by atoms with Gasteiger partial charge in [-0.05, 0) is 6.08 Å². The van der Waals surface area contributed by atoms with Crippen molar-refractivity contribution >= 4 is 17.7 Å². The SMILES string of the molecule is NC(=O)C1=Cc2cocc2NC1. The van der Waals surface area contributed by atoms with E-state index in [1.165, 1.54) is 0 Å². The van der Waals surface area contributed by atoms with E-state index in [2.05, 4.69) is 5.32 Å². The van der Waals surface area contributed by atoms with Gasteiger partial charge in [-0.3, -0.25) is 4.79 Å². The van der Waals surface area contributed by atoms with E-state index in [0.29, 0.717) is 12.1 Å². The Balaban J connectivity index is 2.41. The van der Waals surface area contributed by atoms with Gasteiger partial charge < -0.3 is 15.5 Å². The minimum atomic E-state index is -0.394. The zero-order valence-electron chi connectivity index (χ0n) is 6.33. The molecule has 1 aliphatic heterocycles.